The van der Waals surface area contributed by atoms with Crippen LogP contribution in [0.4, 0.5) is 0 Å². The molecule has 3 nitrogen and oxygen atoms in total. The van der Waals surface area contributed by atoms with Gasteiger partial charge in [-0.1, -0.05) is 60.7 Å². The Morgan fingerprint density at radius 2 is 1.65 bits per heavy atom. The second kappa shape index (κ2) is 9.11. The zero-order valence-corrected chi connectivity index (χ0v) is 13.7. The number of carbonyl (C=O) groups is 1. The molecule has 0 aliphatic rings. The average Bonchev–Trinajstić information content (AvgIpc) is 2.58. The van der Waals surface area contributed by atoms with E-state index in [0.29, 0.717) is 13.0 Å². The summed E-state index contributed by atoms with van der Waals surface area (Å²) in [5.74, 6) is 0.356. The lowest BCUT2D eigenvalue weighted by Gasteiger charge is -2.18. The first-order valence-corrected chi connectivity index (χ1v) is 8.26. The topological polar surface area (TPSA) is 55.1 Å². The Hall–Kier alpha value is -2.13. The normalized spacial score (nSPS) is 13.3. The molecule has 3 heteroatoms. The molecule has 3 N–H and O–H groups in total. The quantitative estimate of drug-likeness (QED) is 0.786. The van der Waals surface area contributed by atoms with Crippen molar-refractivity contribution in [2.45, 2.75) is 38.1 Å². The summed E-state index contributed by atoms with van der Waals surface area (Å²) in [7, 11) is 0. The van der Waals surface area contributed by atoms with E-state index in [2.05, 4.69) is 41.7 Å². The first kappa shape index (κ1) is 17.2. The number of carbonyl (C=O) groups excluding carboxylic acids is 1. The fourth-order valence-electron chi connectivity index (χ4n) is 2.62. The molecule has 0 spiro atoms. The maximum atomic E-state index is 12.0. The number of nitrogens with two attached hydrogens (primary N) is 1. The van der Waals surface area contributed by atoms with Gasteiger partial charge in [-0.05, 0) is 30.9 Å². The van der Waals surface area contributed by atoms with Crippen molar-refractivity contribution in [1.29, 1.82) is 0 Å². The van der Waals surface area contributed by atoms with Crippen molar-refractivity contribution in [3.05, 3.63) is 71.8 Å². The van der Waals surface area contributed by atoms with E-state index in [1.165, 1.54) is 11.1 Å². The molecule has 0 aliphatic carbocycles. The Kier molecular flexibility index (Phi) is 6.82. The maximum absolute atomic E-state index is 12.0. The molecule has 2 unspecified atom stereocenters. The first-order chi connectivity index (χ1) is 11.1. The van der Waals surface area contributed by atoms with Gasteiger partial charge in [-0.25, -0.2) is 0 Å². The Bertz CT molecular complexity index is 581. The van der Waals surface area contributed by atoms with Gasteiger partial charge in [0.05, 0.1) is 0 Å². The van der Waals surface area contributed by atoms with Crippen LogP contribution >= 0.6 is 0 Å². The van der Waals surface area contributed by atoms with Crippen LogP contribution in [0.5, 0.6) is 0 Å². The van der Waals surface area contributed by atoms with Gasteiger partial charge >= 0.3 is 0 Å². The summed E-state index contributed by atoms with van der Waals surface area (Å²) in [6.07, 6.45) is 2.13. The standard InChI is InChI=1S/C20H26N2O/c1-16(21)12-13-20(23)22-15-19(18-10-6-3-7-11-18)14-17-8-4-2-5-9-17/h2-11,16,19H,12-15,21H2,1H3,(H,22,23). The number of rotatable bonds is 8. The number of hydrogen-bond acceptors (Lipinski definition) is 2. The number of benzene rings is 2. The summed E-state index contributed by atoms with van der Waals surface area (Å²) in [5.41, 5.74) is 8.25. The van der Waals surface area contributed by atoms with Crippen LogP contribution in [0.15, 0.2) is 60.7 Å². The Morgan fingerprint density at radius 1 is 1.04 bits per heavy atom. The lowest BCUT2D eigenvalue weighted by atomic mass is 9.92. The molecule has 0 heterocycles. The number of nitrogens with one attached hydrogen (secondary N) is 1. The van der Waals surface area contributed by atoms with Gasteiger partial charge < -0.3 is 11.1 Å². The van der Waals surface area contributed by atoms with Crippen molar-refractivity contribution in [3.8, 4) is 0 Å². The largest absolute Gasteiger partial charge is 0.355 e. The summed E-state index contributed by atoms with van der Waals surface area (Å²) in [6, 6.07) is 20.8. The van der Waals surface area contributed by atoms with Crippen LogP contribution in [-0.2, 0) is 11.2 Å². The second-order valence-electron chi connectivity index (χ2n) is 6.12. The Labute approximate surface area is 138 Å². The summed E-state index contributed by atoms with van der Waals surface area (Å²) in [4.78, 5) is 12.0. The third-order valence-electron chi connectivity index (χ3n) is 3.97. The maximum Gasteiger partial charge on any atom is 0.220 e. The molecule has 23 heavy (non-hydrogen) atoms. The summed E-state index contributed by atoms with van der Waals surface area (Å²) < 4.78 is 0. The second-order valence-corrected chi connectivity index (χ2v) is 6.12. The third kappa shape index (κ3) is 6.25. The summed E-state index contributed by atoms with van der Waals surface area (Å²) >= 11 is 0. The van der Waals surface area contributed by atoms with Crippen LogP contribution in [0, 0.1) is 0 Å². The molecule has 122 valence electrons. The van der Waals surface area contributed by atoms with E-state index in [1.54, 1.807) is 0 Å². The average molecular weight is 310 g/mol. The van der Waals surface area contributed by atoms with Crippen molar-refractivity contribution in [1.82, 2.24) is 5.32 Å². The molecule has 2 rings (SSSR count). The molecule has 0 saturated carbocycles. The molecule has 0 fully saturated rings. The minimum atomic E-state index is 0.0648. The minimum absolute atomic E-state index is 0.0648. The first-order valence-electron chi connectivity index (χ1n) is 8.26. The predicted octanol–water partition coefficient (Wildman–Crippen LogP) is 3.26. The molecule has 1 amide bonds. The van der Waals surface area contributed by atoms with Gasteiger partial charge in [-0.15, -0.1) is 0 Å². The van der Waals surface area contributed by atoms with E-state index < -0.39 is 0 Å². The van der Waals surface area contributed by atoms with Crippen LogP contribution in [0.25, 0.3) is 0 Å². The van der Waals surface area contributed by atoms with Crippen LogP contribution in [0.2, 0.25) is 0 Å². The van der Waals surface area contributed by atoms with E-state index in [4.69, 9.17) is 5.73 Å². The SMILES string of the molecule is CC(N)CCC(=O)NCC(Cc1ccccc1)c1ccccc1. The fraction of sp³-hybridized carbons (Fsp3) is 0.350. The van der Waals surface area contributed by atoms with E-state index >= 15 is 0 Å². The zero-order chi connectivity index (χ0) is 16.5. The van der Waals surface area contributed by atoms with Gasteiger partial charge in [0.25, 0.3) is 0 Å². The van der Waals surface area contributed by atoms with Crippen LogP contribution in [-0.4, -0.2) is 18.5 Å². The molecule has 0 bridgehead atoms. The van der Waals surface area contributed by atoms with Crippen molar-refractivity contribution < 1.29 is 4.79 Å². The monoisotopic (exact) mass is 310 g/mol. The van der Waals surface area contributed by atoms with Gasteiger partial charge in [0.2, 0.25) is 5.91 Å². The van der Waals surface area contributed by atoms with Crippen LogP contribution in [0.1, 0.15) is 36.8 Å². The Morgan fingerprint density at radius 3 is 2.26 bits per heavy atom. The van der Waals surface area contributed by atoms with Gasteiger partial charge in [0.15, 0.2) is 0 Å². The van der Waals surface area contributed by atoms with Crippen molar-refractivity contribution in [3.63, 3.8) is 0 Å². The van der Waals surface area contributed by atoms with Gasteiger partial charge in [-0.3, -0.25) is 4.79 Å². The molecule has 0 saturated heterocycles. The van der Waals surface area contributed by atoms with E-state index in [1.807, 2.05) is 31.2 Å². The number of amides is 1. The van der Waals surface area contributed by atoms with Crippen LogP contribution < -0.4 is 11.1 Å². The van der Waals surface area contributed by atoms with Gasteiger partial charge in [0.1, 0.15) is 0 Å². The highest BCUT2D eigenvalue weighted by Crippen LogP contribution is 2.20. The van der Waals surface area contributed by atoms with Gasteiger partial charge in [-0.2, -0.15) is 0 Å². The zero-order valence-electron chi connectivity index (χ0n) is 13.7. The molecule has 0 radical (unpaired) electrons. The molecule has 0 aromatic heterocycles. The molecule has 2 aromatic carbocycles. The smallest absolute Gasteiger partial charge is 0.220 e. The summed E-state index contributed by atoms with van der Waals surface area (Å²) in [6.45, 7) is 2.58. The predicted molar refractivity (Wildman–Crippen MR) is 95.2 cm³/mol. The van der Waals surface area contributed by atoms with Crippen LogP contribution in [0.3, 0.4) is 0 Å². The lowest BCUT2D eigenvalue weighted by Crippen LogP contribution is -2.30. The number of hydrogen-bond donors (Lipinski definition) is 2. The van der Waals surface area contributed by atoms with E-state index in [0.717, 1.165) is 12.8 Å². The highest BCUT2D eigenvalue weighted by Gasteiger charge is 2.14. The summed E-state index contributed by atoms with van der Waals surface area (Å²) in [5, 5.41) is 3.06. The molecule has 2 atom stereocenters. The van der Waals surface area contributed by atoms with E-state index in [9.17, 15) is 4.79 Å². The third-order valence-corrected chi connectivity index (χ3v) is 3.97. The lowest BCUT2D eigenvalue weighted by molar-refractivity contribution is -0.121. The highest BCUT2D eigenvalue weighted by molar-refractivity contribution is 5.75. The molecule has 2 aromatic rings. The van der Waals surface area contributed by atoms with E-state index in [-0.39, 0.29) is 17.9 Å². The van der Waals surface area contributed by atoms with Crippen molar-refractivity contribution in [2.75, 3.05) is 6.54 Å². The molecular formula is C20H26N2O. The Balaban J connectivity index is 1.98. The van der Waals surface area contributed by atoms with Gasteiger partial charge in [0, 0.05) is 24.9 Å². The fourth-order valence-corrected chi connectivity index (χ4v) is 2.62. The minimum Gasteiger partial charge on any atom is -0.355 e. The van der Waals surface area contributed by atoms with Crippen molar-refractivity contribution in [2.24, 2.45) is 5.73 Å². The highest BCUT2D eigenvalue weighted by atomic mass is 16.1. The molecular weight excluding hydrogens is 284 g/mol. The molecule has 0 aliphatic heterocycles. The van der Waals surface area contributed by atoms with Crippen molar-refractivity contribution >= 4 is 5.91 Å².